The van der Waals surface area contributed by atoms with Crippen molar-refractivity contribution in [2.75, 3.05) is 11.8 Å². The van der Waals surface area contributed by atoms with Gasteiger partial charge in [0.25, 0.3) is 15.9 Å². The maximum Gasteiger partial charge on any atom is 0.269 e. The molecular weight excluding hydrogens is 430 g/mol. The summed E-state index contributed by atoms with van der Waals surface area (Å²) in [6, 6.07) is 19.3. The summed E-state index contributed by atoms with van der Waals surface area (Å²) in [6.45, 7) is 1.95. The first-order valence-electron chi connectivity index (χ1n) is 9.68. The summed E-state index contributed by atoms with van der Waals surface area (Å²) in [4.78, 5) is 24.4. The molecule has 8 nitrogen and oxygen atoms in total. The van der Waals surface area contributed by atoms with Crippen molar-refractivity contribution < 1.29 is 22.7 Å². The number of hydrazine groups is 1. The predicted molar refractivity (Wildman–Crippen MR) is 121 cm³/mol. The second-order valence-corrected chi connectivity index (χ2v) is 8.71. The van der Waals surface area contributed by atoms with E-state index in [1.165, 1.54) is 31.4 Å². The van der Waals surface area contributed by atoms with Crippen LogP contribution in [0.2, 0.25) is 0 Å². The average molecular weight is 454 g/mol. The number of carbonyl (C=O) groups excluding carboxylic acids is 2. The first kappa shape index (κ1) is 22.8. The minimum atomic E-state index is -3.92. The summed E-state index contributed by atoms with van der Waals surface area (Å²) in [7, 11) is -2.41. The Morgan fingerprint density at radius 1 is 0.906 bits per heavy atom. The normalized spacial score (nSPS) is 10.8. The van der Waals surface area contributed by atoms with E-state index in [0.717, 1.165) is 11.1 Å². The number of carbonyl (C=O) groups is 2. The molecule has 0 unspecified atom stereocenters. The molecule has 0 radical (unpaired) electrons. The van der Waals surface area contributed by atoms with Crippen molar-refractivity contribution in [3.63, 3.8) is 0 Å². The van der Waals surface area contributed by atoms with Crippen LogP contribution in [0, 0.1) is 6.92 Å². The van der Waals surface area contributed by atoms with Gasteiger partial charge in [0.15, 0.2) is 0 Å². The second kappa shape index (κ2) is 9.97. The van der Waals surface area contributed by atoms with E-state index in [-0.39, 0.29) is 16.9 Å². The molecule has 0 aromatic heterocycles. The molecular formula is C23H23N3O5S. The minimum absolute atomic E-state index is 0.0817. The van der Waals surface area contributed by atoms with Gasteiger partial charge in [0, 0.05) is 11.3 Å². The van der Waals surface area contributed by atoms with Gasteiger partial charge < -0.3 is 4.74 Å². The third kappa shape index (κ3) is 6.08. The van der Waals surface area contributed by atoms with Gasteiger partial charge in [-0.3, -0.25) is 25.2 Å². The number of hydrogen-bond acceptors (Lipinski definition) is 5. The molecule has 166 valence electrons. The Bertz CT molecular complexity index is 1210. The molecule has 0 aliphatic rings. The van der Waals surface area contributed by atoms with Gasteiger partial charge in [-0.1, -0.05) is 35.9 Å². The zero-order chi connectivity index (χ0) is 23.1. The molecule has 0 saturated heterocycles. The van der Waals surface area contributed by atoms with Crippen molar-refractivity contribution in [1.29, 1.82) is 0 Å². The Morgan fingerprint density at radius 2 is 1.59 bits per heavy atom. The van der Waals surface area contributed by atoms with Crippen molar-refractivity contribution in [2.24, 2.45) is 0 Å². The van der Waals surface area contributed by atoms with Crippen LogP contribution >= 0.6 is 0 Å². The van der Waals surface area contributed by atoms with Gasteiger partial charge in [0.05, 0.1) is 18.4 Å². The van der Waals surface area contributed by atoms with Crippen LogP contribution in [0.15, 0.2) is 77.7 Å². The second-order valence-electron chi connectivity index (χ2n) is 7.03. The number of hydrogen-bond donors (Lipinski definition) is 3. The summed E-state index contributed by atoms with van der Waals surface area (Å²) in [5, 5.41) is 0. The lowest BCUT2D eigenvalue weighted by Gasteiger charge is -2.11. The average Bonchev–Trinajstić information content (AvgIpc) is 2.79. The molecule has 2 amide bonds. The molecule has 0 atom stereocenters. The van der Waals surface area contributed by atoms with Crippen LogP contribution in [-0.2, 0) is 21.2 Å². The molecule has 32 heavy (non-hydrogen) atoms. The fraction of sp³-hybridized carbons (Fsp3) is 0.130. The fourth-order valence-electron chi connectivity index (χ4n) is 2.81. The largest absolute Gasteiger partial charge is 0.497 e. The number of ether oxygens (including phenoxy) is 1. The van der Waals surface area contributed by atoms with Gasteiger partial charge in [-0.15, -0.1) is 0 Å². The van der Waals surface area contributed by atoms with Crippen LogP contribution < -0.4 is 20.3 Å². The Hall–Kier alpha value is -3.85. The SMILES string of the molecule is COc1ccc(NS(=O)(=O)c2cccc(C(=O)NNC(=O)Cc3ccc(C)cc3)c2)cc1. The molecule has 0 heterocycles. The van der Waals surface area contributed by atoms with E-state index >= 15 is 0 Å². The van der Waals surface area contributed by atoms with Crippen LogP contribution in [0.25, 0.3) is 0 Å². The number of sulfonamides is 1. The third-order valence-corrected chi connectivity index (χ3v) is 5.93. The Morgan fingerprint density at radius 3 is 2.25 bits per heavy atom. The van der Waals surface area contributed by atoms with Crippen molar-refractivity contribution in [2.45, 2.75) is 18.2 Å². The standard InChI is InChI=1S/C23H23N3O5S/c1-16-6-8-17(9-7-16)14-22(27)24-25-23(28)18-4-3-5-21(15-18)32(29,30)26-19-10-12-20(31-2)13-11-19/h3-13,15,26H,14H2,1-2H3,(H,24,27)(H,25,28). The van der Waals surface area contributed by atoms with Gasteiger partial charge in [-0.05, 0) is 55.0 Å². The molecule has 3 rings (SSSR count). The third-order valence-electron chi connectivity index (χ3n) is 4.55. The molecule has 3 N–H and O–H groups in total. The smallest absolute Gasteiger partial charge is 0.269 e. The van der Waals surface area contributed by atoms with Crippen molar-refractivity contribution in [3.8, 4) is 5.75 Å². The van der Waals surface area contributed by atoms with Gasteiger partial charge in [0.1, 0.15) is 5.75 Å². The van der Waals surface area contributed by atoms with Gasteiger partial charge in [-0.25, -0.2) is 8.42 Å². The number of amides is 2. The zero-order valence-corrected chi connectivity index (χ0v) is 18.4. The quantitative estimate of drug-likeness (QED) is 0.476. The molecule has 0 aliphatic heterocycles. The van der Waals surface area contributed by atoms with Gasteiger partial charge in [-0.2, -0.15) is 0 Å². The molecule has 0 saturated carbocycles. The number of nitrogens with one attached hydrogen (secondary N) is 3. The Labute approximate surface area is 186 Å². The molecule has 0 bridgehead atoms. The summed E-state index contributed by atoms with van der Waals surface area (Å²) in [6.07, 6.45) is 0.0980. The first-order valence-corrected chi connectivity index (χ1v) is 11.2. The van der Waals surface area contributed by atoms with E-state index in [1.54, 1.807) is 24.3 Å². The lowest BCUT2D eigenvalue weighted by Crippen LogP contribution is -2.42. The highest BCUT2D eigenvalue weighted by Gasteiger charge is 2.17. The van der Waals surface area contributed by atoms with E-state index in [2.05, 4.69) is 15.6 Å². The molecule has 0 fully saturated rings. The van der Waals surface area contributed by atoms with Crippen LogP contribution in [-0.4, -0.2) is 27.3 Å². The van der Waals surface area contributed by atoms with Gasteiger partial charge in [0.2, 0.25) is 5.91 Å². The zero-order valence-electron chi connectivity index (χ0n) is 17.6. The molecule has 9 heteroatoms. The lowest BCUT2D eigenvalue weighted by atomic mass is 10.1. The first-order chi connectivity index (χ1) is 15.3. The van der Waals surface area contributed by atoms with Crippen LogP contribution in [0.3, 0.4) is 0 Å². The fourth-order valence-corrected chi connectivity index (χ4v) is 3.92. The highest BCUT2D eigenvalue weighted by atomic mass is 32.2. The summed E-state index contributed by atoms with van der Waals surface area (Å²) in [5.41, 5.74) is 6.96. The molecule has 0 aliphatic carbocycles. The summed E-state index contributed by atoms with van der Waals surface area (Å²) >= 11 is 0. The number of methoxy groups -OCH3 is 1. The maximum absolute atomic E-state index is 12.7. The number of benzene rings is 3. The number of rotatable bonds is 7. The topological polar surface area (TPSA) is 114 Å². The van der Waals surface area contributed by atoms with E-state index in [9.17, 15) is 18.0 Å². The molecule has 0 spiro atoms. The summed E-state index contributed by atoms with van der Waals surface area (Å²) < 4.78 is 32.9. The summed E-state index contributed by atoms with van der Waals surface area (Å²) in [5.74, 6) is -0.438. The van der Waals surface area contributed by atoms with Crippen LogP contribution in [0.5, 0.6) is 5.75 Å². The highest BCUT2D eigenvalue weighted by Crippen LogP contribution is 2.20. The number of aryl methyl sites for hydroxylation is 1. The van der Waals surface area contributed by atoms with Gasteiger partial charge >= 0.3 is 0 Å². The minimum Gasteiger partial charge on any atom is -0.497 e. The van der Waals surface area contributed by atoms with Crippen LogP contribution in [0.1, 0.15) is 21.5 Å². The molecule has 3 aromatic carbocycles. The van der Waals surface area contributed by atoms with Crippen LogP contribution in [0.4, 0.5) is 5.69 Å². The number of anilines is 1. The monoisotopic (exact) mass is 453 g/mol. The highest BCUT2D eigenvalue weighted by molar-refractivity contribution is 7.92. The van der Waals surface area contributed by atoms with Crippen molar-refractivity contribution >= 4 is 27.5 Å². The van der Waals surface area contributed by atoms with Crippen molar-refractivity contribution in [1.82, 2.24) is 10.9 Å². The van der Waals surface area contributed by atoms with E-state index in [0.29, 0.717) is 11.4 Å². The Balaban J connectivity index is 1.62. The Kier molecular flexibility index (Phi) is 7.11. The predicted octanol–water partition coefficient (Wildman–Crippen LogP) is 2.81. The van der Waals surface area contributed by atoms with E-state index < -0.39 is 21.8 Å². The van der Waals surface area contributed by atoms with E-state index in [4.69, 9.17) is 4.74 Å². The van der Waals surface area contributed by atoms with Crippen molar-refractivity contribution in [3.05, 3.63) is 89.5 Å². The van der Waals surface area contributed by atoms with E-state index in [1.807, 2.05) is 31.2 Å². The maximum atomic E-state index is 12.7. The molecule has 3 aromatic rings. The lowest BCUT2D eigenvalue weighted by molar-refractivity contribution is -0.121.